The van der Waals surface area contributed by atoms with Crippen LogP contribution in [0.1, 0.15) is 50.6 Å². The summed E-state index contributed by atoms with van der Waals surface area (Å²) in [6, 6.07) is 5.60. The molecule has 4 nitrogen and oxygen atoms in total. The SMILES string of the molecule is CC(NCC(O)CN1CCCC1)c1ccc(N2CCCCC2)c(F)c1. The minimum absolute atomic E-state index is 0.0260. The van der Waals surface area contributed by atoms with Gasteiger partial charge in [0.2, 0.25) is 0 Å². The van der Waals surface area contributed by atoms with Crippen LogP contribution in [0.2, 0.25) is 0 Å². The molecule has 2 unspecified atom stereocenters. The van der Waals surface area contributed by atoms with Crippen LogP contribution in [0.4, 0.5) is 10.1 Å². The fourth-order valence-electron chi connectivity index (χ4n) is 3.94. The fraction of sp³-hybridized carbons (Fsp3) is 0.700. The lowest BCUT2D eigenvalue weighted by Crippen LogP contribution is -2.37. The van der Waals surface area contributed by atoms with E-state index in [1.165, 1.54) is 19.3 Å². The summed E-state index contributed by atoms with van der Waals surface area (Å²) in [5.41, 5.74) is 1.66. The molecule has 5 heteroatoms. The minimum atomic E-state index is -0.377. The molecule has 0 saturated carbocycles. The normalized spacial score (nSPS) is 21.5. The maximum Gasteiger partial charge on any atom is 0.146 e. The summed E-state index contributed by atoms with van der Waals surface area (Å²) in [5.74, 6) is -0.134. The Bertz CT molecular complexity index is 542. The molecule has 2 aliphatic rings. The van der Waals surface area contributed by atoms with Crippen molar-refractivity contribution >= 4 is 5.69 Å². The van der Waals surface area contributed by atoms with Gasteiger partial charge in [-0.1, -0.05) is 6.07 Å². The summed E-state index contributed by atoms with van der Waals surface area (Å²) in [5, 5.41) is 13.5. The molecule has 0 radical (unpaired) electrons. The van der Waals surface area contributed by atoms with Gasteiger partial charge >= 0.3 is 0 Å². The van der Waals surface area contributed by atoms with Gasteiger partial charge in [0, 0.05) is 32.2 Å². The predicted octanol–water partition coefficient (Wildman–Crippen LogP) is 2.92. The molecule has 25 heavy (non-hydrogen) atoms. The highest BCUT2D eigenvalue weighted by molar-refractivity contribution is 5.49. The number of aliphatic hydroxyl groups is 1. The standard InChI is InChI=1S/C20H32FN3O/c1-16(22-14-18(25)15-23-9-5-6-10-23)17-7-8-20(19(21)13-17)24-11-3-2-4-12-24/h7-8,13,16,18,22,25H,2-6,9-12,14-15H2,1H3. The monoisotopic (exact) mass is 349 g/mol. The second-order valence-corrected chi connectivity index (χ2v) is 7.55. The lowest BCUT2D eigenvalue weighted by Gasteiger charge is -2.29. The van der Waals surface area contributed by atoms with Crippen LogP contribution in [0.15, 0.2) is 18.2 Å². The zero-order chi connectivity index (χ0) is 17.6. The van der Waals surface area contributed by atoms with Gasteiger partial charge in [-0.25, -0.2) is 4.39 Å². The number of piperidine rings is 1. The Kier molecular flexibility index (Phi) is 6.68. The molecule has 2 aliphatic heterocycles. The maximum atomic E-state index is 14.5. The van der Waals surface area contributed by atoms with Gasteiger partial charge in [0.1, 0.15) is 5.82 Å². The van der Waals surface area contributed by atoms with Gasteiger partial charge in [0.05, 0.1) is 11.8 Å². The summed E-state index contributed by atoms with van der Waals surface area (Å²) < 4.78 is 14.5. The van der Waals surface area contributed by atoms with Crippen molar-refractivity contribution in [1.29, 1.82) is 0 Å². The molecule has 0 aromatic heterocycles. The highest BCUT2D eigenvalue weighted by Gasteiger charge is 2.18. The first kappa shape index (κ1) is 18.6. The first-order chi connectivity index (χ1) is 12.1. The quantitative estimate of drug-likeness (QED) is 0.794. The number of benzene rings is 1. The van der Waals surface area contributed by atoms with E-state index in [0.717, 1.165) is 56.8 Å². The molecule has 140 valence electrons. The molecule has 2 N–H and O–H groups in total. The van der Waals surface area contributed by atoms with Crippen molar-refractivity contribution in [1.82, 2.24) is 10.2 Å². The number of likely N-dealkylation sites (tertiary alicyclic amines) is 1. The van der Waals surface area contributed by atoms with Crippen LogP contribution in [-0.2, 0) is 0 Å². The molecule has 0 aliphatic carbocycles. The molecule has 2 saturated heterocycles. The smallest absolute Gasteiger partial charge is 0.146 e. The number of anilines is 1. The molecule has 0 amide bonds. The molecule has 0 bridgehead atoms. The zero-order valence-electron chi connectivity index (χ0n) is 15.4. The van der Waals surface area contributed by atoms with Gasteiger partial charge < -0.3 is 20.2 Å². The topological polar surface area (TPSA) is 38.7 Å². The highest BCUT2D eigenvalue weighted by atomic mass is 19.1. The fourth-order valence-corrected chi connectivity index (χ4v) is 3.94. The Labute approximate surface area is 151 Å². The summed E-state index contributed by atoms with van der Waals surface area (Å²) in [4.78, 5) is 4.46. The van der Waals surface area contributed by atoms with E-state index in [0.29, 0.717) is 6.54 Å². The van der Waals surface area contributed by atoms with Crippen LogP contribution in [0.3, 0.4) is 0 Å². The van der Waals surface area contributed by atoms with Crippen LogP contribution in [0, 0.1) is 5.82 Å². The van der Waals surface area contributed by atoms with Crippen LogP contribution < -0.4 is 10.2 Å². The van der Waals surface area contributed by atoms with E-state index < -0.39 is 0 Å². The number of rotatable bonds is 7. The second kappa shape index (κ2) is 8.97. The molecule has 1 aromatic rings. The molecular formula is C20H32FN3O. The molecule has 2 heterocycles. The average Bonchev–Trinajstić information content (AvgIpc) is 3.13. The lowest BCUT2D eigenvalue weighted by atomic mass is 10.1. The summed E-state index contributed by atoms with van der Waals surface area (Å²) in [6.07, 6.45) is 5.63. The Morgan fingerprint density at radius 3 is 2.44 bits per heavy atom. The zero-order valence-corrected chi connectivity index (χ0v) is 15.4. The number of nitrogens with one attached hydrogen (secondary N) is 1. The molecular weight excluding hydrogens is 317 g/mol. The highest BCUT2D eigenvalue weighted by Crippen LogP contribution is 2.26. The number of hydrogen-bond donors (Lipinski definition) is 2. The summed E-state index contributed by atoms with van der Waals surface area (Å²) >= 11 is 0. The number of β-amino-alcohol motifs (C(OH)–C–C–N with tert-alkyl or cyclic N) is 1. The second-order valence-electron chi connectivity index (χ2n) is 7.55. The third kappa shape index (κ3) is 5.16. The Hall–Kier alpha value is -1.17. The van der Waals surface area contributed by atoms with E-state index in [2.05, 4.69) is 15.1 Å². The Morgan fingerprint density at radius 1 is 1.08 bits per heavy atom. The van der Waals surface area contributed by atoms with E-state index in [1.807, 2.05) is 19.1 Å². The van der Waals surface area contributed by atoms with E-state index in [4.69, 9.17) is 0 Å². The van der Waals surface area contributed by atoms with Crippen molar-refractivity contribution in [2.75, 3.05) is 44.2 Å². The van der Waals surface area contributed by atoms with Gasteiger partial charge in [0.15, 0.2) is 0 Å². The molecule has 1 aromatic carbocycles. The van der Waals surface area contributed by atoms with E-state index in [1.54, 1.807) is 6.07 Å². The first-order valence-corrected chi connectivity index (χ1v) is 9.81. The molecule has 3 rings (SSSR count). The van der Waals surface area contributed by atoms with Gasteiger partial charge in [-0.3, -0.25) is 0 Å². The van der Waals surface area contributed by atoms with Gasteiger partial charge in [-0.15, -0.1) is 0 Å². The van der Waals surface area contributed by atoms with E-state index in [-0.39, 0.29) is 18.0 Å². The van der Waals surface area contributed by atoms with Crippen molar-refractivity contribution in [3.63, 3.8) is 0 Å². The molecule has 2 fully saturated rings. The van der Waals surface area contributed by atoms with Crippen LogP contribution >= 0.6 is 0 Å². The van der Waals surface area contributed by atoms with Crippen molar-refractivity contribution in [2.24, 2.45) is 0 Å². The maximum absolute atomic E-state index is 14.5. The summed E-state index contributed by atoms with van der Waals surface area (Å²) in [6.45, 7) is 7.37. The minimum Gasteiger partial charge on any atom is -0.390 e. The van der Waals surface area contributed by atoms with E-state index in [9.17, 15) is 9.50 Å². The third-order valence-electron chi connectivity index (χ3n) is 5.50. The van der Waals surface area contributed by atoms with Gasteiger partial charge in [-0.05, 0) is 69.8 Å². The van der Waals surface area contributed by atoms with Crippen molar-refractivity contribution in [2.45, 2.75) is 51.2 Å². The van der Waals surface area contributed by atoms with Gasteiger partial charge in [0.25, 0.3) is 0 Å². The summed E-state index contributed by atoms with van der Waals surface area (Å²) in [7, 11) is 0. The third-order valence-corrected chi connectivity index (χ3v) is 5.50. The van der Waals surface area contributed by atoms with E-state index >= 15 is 0 Å². The van der Waals surface area contributed by atoms with Crippen LogP contribution in [-0.4, -0.2) is 55.4 Å². The van der Waals surface area contributed by atoms with Crippen molar-refractivity contribution < 1.29 is 9.50 Å². The number of nitrogens with zero attached hydrogens (tertiary/aromatic N) is 2. The molecule has 2 atom stereocenters. The lowest BCUT2D eigenvalue weighted by molar-refractivity contribution is 0.121. The van der Waals surface area contributed by atoms with Crippen molar-refractivity contribution in [3.8, 4) is 0 Å². The van der Waals surface area contributed by atoms with Crippen LogP contribution in [0.5, 0.6) is 0 Å². The average molecular weight is 349 g/mol. The number of aliphatic hydroxyl groups excluding tert-OH is 1. The first-order valence-electron chi connectivity index (χ1n) is 9.81. The Balaban J connectivity index is 1.51. The van der Waals surface area contributed by atoms with Crippen LogP contribution in [0.25, 0.3) is 0 Å². The molecule has 0 spiro atoms. The van der Waals surface area contributed by atoms with Crippen molar-refractivity contribution in [3.05, 3.63) is 29.6 Å². The number of hydrogen-bond acceptors (Lipinski definition) is 4. The number of halogens is 1. The Morgan fingerprint density at radius 2 is 1.76 bits per heavy atom. The largest absolute Gasteiger partial charge is 0.390 e. The van der Waals surface area contributed by atoms with Gasteiger partial charge in [-0.2, -0.15) is 0 Å². The predicted molar refractivity (Wildman–Crippen MR) is 101 cm³/mol.